The second kappa shape index (κ2) is 8.52. The number of carbonyl (C=O) groups excluding carboxylic acids is 2. The Hall–Kier alpha value is -2.74. The van der Waals surface area contributed by atoms with Crippen LogP contribution >= 0.6 is 11.6 Å². The van der Waals surface area contributed by atoms with Crippen LogP contribution in [-0.4, -0.2) is 30.3 Å². The fraction of sp³-hybridized carbons (Fsp3) is 0.263. The number of halogens is 4. The Balaban J connectivity index is 2.52. The highest BCUT2D eigenvalue weighted by atomic mass is 35.5. The molecule has 0 bridgehead atoms. The lowest BCUT2D eigenvalue weighted by Gasteiger charge is -2.35. The quantitative estimate of drug-likeness (QED) is 0.546. The Morgan fingerprint density at radius 1 is 1.07 bits per heavy atom. The molecular formula is C19H18ClF3N2O3. The van der Waals surface area contributed by atoms with Gasteiger partial charge in [0.25, 0.3) is 5.91 Å². The second-order valence-corrected chi connectivity index (χ2v) is 6.30. The molecule has 0 radical (unpaired) electrons. The topological polar surface area (TPSA) is 67.4 Å². The lowest BCUT2D eigenvalue weighted by Crippen LogP contribution is -2.69. The van der Waals surface area contributed by atoms with E-state index in [4.69, 9.17) is 11.6 Å². The van der Waals surface area contributed by atoms with Gasteiger partial charge in [-0.1, -0.05) is 41.4 Å². The molecule has 0 aliphatic heterocycles. The maximum atomic E-state index is 14.1. The standard InChI is InChI=1S/C19H18ClF3N2O3/c1-3-28-17(27)18(19(21,22)23,24-13-10-8-12(2)9-11-13)25-16(26)14-6-4-5-7-15(14)20/h4-11,24H,3H2,1-2H3,(H,25,26)/t18-/m1/s1. The maximum absolute atomic E-state index is 14.1. The molecule has 9 heteroatoms. The number of rotatable bonds is 6. The molecule has 0 fully saturated rings. The van der Waals surface area contributed by atoms with Crippen molar-refractivity contribution in [2.24, 2.45) is 0 Å². The van der Waals surface area contributed by atoms with Crippen LogP contribution in [0.25, 0.3) is 0 Å². The lowest BCUT2D eigenvalue weighted by molar-refractivity contribution is -0.204. The molecule has 1 amide bonds. The van der Waals surface area contributed by atoms with Crippen LogP contribution in [0.2, 0.25) is 5.02 Å². The van der Waals surface area contributed by atoms with E-state index < -0.39 is 23.7 Å². The third kappa shape index (κ3) is 4.56. The van der Waals surface area contributed by atoms with Crippen LogP contribution in [0.3, 0.4) is 0 Å². The third-order valence-corrected chi connectivity index (χ3v) is 4.14. The molecule has 2 rings (SSSR count). The molecule has 28 heavy (non-hydrogen) atoms. The van der Waals surface area contributed by atoms with Crippen molar-refractivity contribution in [2.75, 3.05) is 11.9 Å². The van der Waals surface area contributed by atoms with Crippen LogP contribution in [-0.2, 0) is 9.53 Å². The van der Waals surface area contributed by atoms with Crippen molar-refractivity contribution in [3.63, 3.8) is 0 Å². The number of carbonyl (C=O) groups is 2. The average molecular weight is 415 g/mol. The molecule has 0 saturated carbocycles. The van der Waals surface area contributed by atoms with Gasteiger partial charge in [-0.15, -0.1) is 0 Å². The minimum atomic E-state index is -5.22. The molecule has 1 atom stereocenters. The van der Waals surface area contributed by atoms with Gasteiger partial charge in [0.1, 0.15) is 0 Å². The number of anilines is 1. The minimum Gasteiger partial charge on any atom is -0.463 e. The summed E-state index contributed by atoms with van der Waals surface area (Å²) in [5.41, 5.74) is -2.95. The zero-order valence-corrected chi connectivity index (χ0v) is 15.8. The molecule has 0 unspecified atom stereocenters. The van der Waals surface area contributed by atoms with Gasteiger partial charge in [-0.3, -0.25) is 4.79 Å². The van der Waals surface area contributed by atoms with E-state index in [9.17, 15) is 22.8 Å². The first kappa shape index (κ1) is 21.6. The number of hydrogen-bond donors (Lipinski definition) is 2. The summed E-state index contributed by atoms with van der Waals surface area (Å²) in [4.78, 5) is 24.9. The Bertz CT molecular complexity index is 856. The molecule has 0 spiro atoms. The van der Waals surface area contributed by atoms with Gasteiger partial charge in [0.05, 0.1) is 17.2 Å². The predicted molar refractivity (Wildman–Crippen MR) is 99.1 cm³/mol. The monoisotopic (exact) mass is 414 g/mol. The van der Waals surface area contributed by atoms with Crippen molar-refractivity contribution in [1.82, 2.24) is 5.32 Å². The molecule has 0 saturated heterocycles. The van der Waals surface area contributed by atoms with Crippen molar-refractivity contribution in [1.29, 1.82) is 0 Å². The normalized spacial score (nSPS) is 13.4. The van der Waals surface area contributed by atoms with Crippen molar-refractivity contribution in [2.45, 2.75) is 25.7 Å². The number of alkyl halides is 3. The van der Waals surface area contributed by atoms with E-state index in [0.717, 1.165) is 5.56 Å². The number of aryl methyl sites for hydroxylation is 1. The molecule has 0 aromatic heterocycles. The van der Waals surface area contributed by atoms with Crippen LogP contribution in [0.1, 0.15) is 22.8 Å². The maximum Gasteiger partial charge on any atom is 0.441 e. The number of esters is 1. The van der Waals surface area contributed by atoms with Gasteiger partial charge in [-0.25, -0.2) is 4.79 Å². The Labute approximate surface area is 164 Å². The van der Waals surface area contributed by atoms with Gasteiger partial charge >= 0.3 is 17.8 Å². The second-order valence-electron chi connectivity index (χ2n) is 5.89. The molecule has 150 valence electrons. The van der Waals surface area contributed by atoms with E-state index >= 15 is 0 Å². The Morgan fingerprint density at radius 2 is 1.68 bits per heavy atom. The van der Waals surface area contributed by atoms with Crippen molar-refractivity contribution < 1.29 is 27.5 Å². The molecule has 5 nitrogen and oxygen atoms in total. The summed E-state index contributed by atoms with van der Waals surface area (Å²) in [6.07, 6.45) is -5.22. The molecule has 0 aliphatic rings. The molecule has 0 heterocycles. The molecular weight excluding hydrogens is 397 g/mol. The Morgan fingerprint density at radius 3 is 2.21 bits per heavy atom. The molecule has 2 aromatic rings. The van der Waals surface area contributed by atoms with Crippen molar-refractivity contribution in [3.8, 4) is 0 Å². The van der Waals surface area contributed by atoms with Crippen LogP contribution in [0, 0.1) is 6.92 Å². The van der Waals surface area contributed by atoms with E-state index in [2.05, 4.69) is 10.1 Å². The number of hydrogen-bond acceptors (Lipinski definition) is 4. The zero-order chi connectivity index (χ0) is 20.9. The lowest BCUT2D eigenvalue weighted by atomic mass is 10.1. The van der Waals surface area contributed by atoms with Crippen LogP contribution in [0.15, 0.2) is 48.5 Å². The van der Waals surface area contributed by atoms with E-state index in [1.165, 1.54) is 43.3 Å². The zero-order valence-electron chi connectivity index (χ0n) is 15.1. The highest BCUT2D eigenvalue weighted by Crippen LogP contribution is 2.34. The fourth-order valence-corrected chi connectivity index (χ4v) is 2.59. The third-order valence-electron chi connectivity index (χ3n) is 3.81. The molecule has 2 aromatic carbocycles. The minimum absolute atomic E-state index is 0.0320. The van der Waals surface area contributed by atoms with Crippen LogP contribution in [0.4, 0.5) is 18.9 Å². The number of ether oxygens (including phenoxy) is 1. The largest absolute Gasteiger partial charge is 0.463 e. The first-order valence-electron chi connectivity index (χ1n) is 8.26. The summed E-state index contributed by atoms with van der Waals surface area (Å²) in [5, 5.41) is 3.77. The number of amides is 1. The van der Waals surface area contributed by atoms with E-state index in [0.29, 0.717) is 0 Å². The highest BCUT2D eigenvalue weighted by molar-refractivity contribution is 6.33. The molecule has 2 N–H and O–H groups in total. The number of benzene rings is 2. The molecule has 0 aliphatic carbocycles. The van der Waals surface area contributed by atoms with Gasteiger partial charge in [0, 0.05) is 5.69 Å². The summed E-state index contributed by atoms with van der Waals surface area (Å²) < 4.78 is 46.9. The van der Waals surface area contributed by atoms with Crippen molar-refractivity contribution in [3.05, 3.63) is 64.7 Å². The summed E-state index contributed by atoms with van der Waals surface area (Å²) in [7, 11) is 0. The summed E-state index contributed by atoms with van der Waals surface area (Å²) in [6.45, 7) is 2.81. The van der Waals surface area contributed by atoms with Gasteiger partial charge in [0.15, 0.2) is 0 Å². The Kier molecular flexibility index (Phi) is 6.56. The van der Waals surface area contributed by atoms with E-state index in [1.807, 2.05) is 0 Å². The first-order chi connectivity index (χ1) is 13.1. The SMILES string of the molecule is CCOC(=O)[C@](NC(=O)c1ccccc1Cl)(Nc1ccc(C)cc1)C(F)(F)F. The summed E-state index contributed by atoms with van der Waals surface area (Å²) >= 11 is 5.90. The van der Waals surface area contributed by atoms with Crippen molar-refractivity contribution >= 4 is 29.2 Å². The van der Waals surface area contributed by atoms with Gasteiger partial charge in [-0.2, -0.15) is 13.2 Å². The highest BCUT2D eigenvalue weighted by Gasteiger charge is 2.63. The summed E-state index contributed by atoms with van der Waals surface area (Å²) in [5.74, 6) is -2.88. The smallest absolute Gasteiger partial charge is 0.441 e. The van der Waals surface area contributed by atoms with Gasteiger partial charge in [-0.05, 0) is 38.1 Å². The first-order valence-corrected chi connectivity index (χ1v) is 8.64. The van der Waals surface area contributed by atoms with E-state index in [-0.39, 0.29) is 22.9 Å². The van der Waals surface area contributed by atoms with Gasteiger partial charge in [0.2, 0.25) is 0 Å². The number of nitrogens with one attached hydrogen (secondary N) is 2. The van der Waals surface area contributed by atoms with Crippen LogP contribution < -0.4 is 10.6 Å². The average Bonchev–Trinajstić information content (AvgIpc) is 2.62. The predicted octanol–water partition coefficient (Wildman–Crippen LogP) is 4.31. The van der Waals surface area contributed by atoms with Gasteiger partial charge < -0.3 is 15.4 Å². The fourth-order valence-electron chi connectivity index (χ4n) is 2.37. The van der Waals surface area contributed by atoms with E-state index in [1.54, 1.807) is 24.4 Å². The van der Waals surface area contributed by atoms with Crippen LogP contribution in [0.5, 0.6) is 0 Å². The summed E-state index contributed by atoms with van der Waals surface area (Å²) in [6, 6.07) is 11.4.